The van der Waals surface area contributed by atoms with Crippen molar-refractivity contribution in [2.45, 2.75) is 44.8 Å². The van der Waals surface area contributed by atoms with Crippen molar-refractivity contribution in [3.05, 3.63) is 36.3 Å². The van der Waals surface area contributed by atoms with Gasteiger partial charge in [-0.05, 0) is 30.9 Å². The Morgan fingerprint density at radius 3 is 2.77 bits per heavy atom. The summed E-state index contributed by atoms with van der Waals surface area (Å²) < 4.78 is 16.3. The van der Waals surface area contributed by atoms with Crippen molar-refractivity contribution in [3.63, 3.8) is 0 Å². The smallest absolute Gasteiger partial charge is 0.185 e. The van der Waals surface area contributed by atoms with E-state index in [9.17, 15) is 9.50 Å². The van der Waals surface area contributed by atoms with Crippen molar-refractivity contribution < 1.29 is 9.50 Å². The standard InChI is InChI=1S/C21H23FN8O/c1-3-13-5-4-6-17(20(13)22)29(2)19-11-24-21(27-26-19)16-8-7-15(9-18(16)31)30-12-14(10-23)25-28-30/h7-9,11-13,17,20,31H,3-6H2,1-2H3/t13-,17+,20-/m1/s1. The van der Waals surface area contributed by atoms with Crippen LogP contribution in [0.2, 0.25) is 0 Å². The van der Waals surface area contributed by atoms with Crippen molar-refractivity contribution in [2.75, 3.05) is 11.9 Å². The van der Waals surface area contributed by atoms with Crippen LogP contribution in [0.4, 0.5) is 10.2 Å². The molecule has 0 unspecified atom stereocenters. The van der Waals surface area contributed by atoms with Crippen molar-refractivity contribution in [3.8, 4) is 28.9 Å². The number of alkyl halides is 1. The number of hydrogen-bond acceptors (Lipinski definition) is 8. The van der Waals surface area contributed by atoms with Gasteiger partial charge < -0.3 is 10.0 Å². The van der Waals surface area contributed by atoms with Gasteiger partial charge in [-0.15, -0.1) is 15.3 Å². The molecule has 3 atom stereocenters. The fourth-order valence-electron chi connectivity index (χ4n) is 4.08. The molecule has 1 aliphatic rings. The molecule has 0 aliphatic heterocycles. The van der Waals surface area contributed by atoms with E-state index < -0.39 is 6.17 Å². The van der Waals surface area contributed by atoms with Crippen molar-refractivity contribution in [1.29, 1.82) is 5.26 Å². The minimum absolute atomic E-state index is 0.0590. The molecule has 160 valence electrons. The van der Waals surface area contributed by atoms with Gasteiger partial charge in [0, 0.05) is 13.1 Å². The van der Waals surface area contributed by atoms with Crippen molar-refractivity contribution in [1.82, 2.24) is 30.2 Å². The third-order valence-electron chi connectivity index (χ3n) is 5.92. The van der Waals surface area contributed by atoms with Crippen LogP contribution in [0, 0.1) is 17.2 Å². The van der Waals surface area contributed by atoms with Crippen LogP contribution in [0.25, 0.3) is 17.1 Å². The number of phenolic OH excluding ortho intramolecular Hbond substituents is 1. The zero-order valence-electron chi connectivity index (χ0n) is 17.4. The van der Waals surface area contributed by atoms with E-state index in [1.165, 1.54) is 16.9 Å². The predicted molar refractivity (Wildman–Crippen MR) is 111 cm³/mol. The van der Waals surface area contributed by atoms with Gasteiger partial charge in [0.05, 0.1) is 29.7 Å². The van der Waals surface area contributed by atoms with Crippen LogP contribution >= 0.6 is 0 Å². The Balaban J connectivity index is 1.53. The molecule has 0 spiro atoms. The SMILES string of the molecule is CC[C@@H]1CCC[C@H](N(C)c2cnc(-c3ccc(-n4cc(C#N)nn4)cc3O)nn2)[C@@H]1F. The lowest BCUT2D eigenvalue weighted by atomic mass is 9.82. The second kappa shape index (κ2) is 8.63. The topological polar surface area (TPSA) is 117 Å². The number of hydrogen-bond donors (Lipinski definition) is 1. The number of anilines is 1. The maximum atomic E-state index is 14.9. The lowest BCUT2D eigenvalue weighted by Gasteiger charge is -2.38. The van der Waals surface area contributed by atoms with Gasteiger partial charge in [0.1, 0.15) is 18.0 Å². The monoisotopic (exact) mass is 422 g/mol. The predicted octanol–water partition coefficient (Wildman–Crippen LogP) is 3.05. The molecule has 9 nitrogen and oxygen atoms in total. The zero-order valence-corrected chi connectivity index (χ0v) is 17.4. The van der Waals surface area contributed by atoms with E-state index in [4.69, 9.17) is 5.26 Å². The average molecular weight is 422 g/mol. The second-order valence-electron chi connectivity index (χ2n) is 7.72. The highest BCUT2D eigenvalue weighted by molar-refractivity contribution is 5.66. The summed E-state index contributed by atoms with van der Waals surface area (Å²) in [6, 6.07) is 6.49. The van der Waals surface area contributed by atoms with Crippen LogP contribution in [0.5, 0.6) is 5.75 Å². The van der Waals surface area contributed by atoms with Crippen LogP contribution in [0.3, 0.4) is 0 Å². The lowest BCUT2D eigenvalue weighted by molar-refractivity contribution is 0.134. The summed E-state index contributed by atoms with van der Waals surface area (Å²) in [7, 11) is 1.82. The molecule has 0 amide bonds. The Kier molecular flexibility index (Phi) is 5.75. The van der Waals surface area contributed by atoms with Crippen molar-refractivity contribution in [2.24, 2.45) is 5.92 Å². The number of aromatic hydroxyl groups is 1. The fraction of sp³-hybridized carbons (Fsp3) is 0.429. The third kappa shape index (κ3) is 4.03. The molecule has 1 fully saturated rings. The third-order valence-corrected chi connectivity index (χ3v) is 5.92. The van der Waals surface area contributed by atoms with Crippen LogP contribution in [0.1, 0.15) is 38.3 Å². The molecular formula is C21H23FN8O. The molecule has 1 aromatic carbocycles. The fourth-order valence-corrected chi connectivity index (χ4v) is 4.08. The molecule has 0 saturated heterocycles. The van der Waals surface area contributed by atoms with E-state index in [2.05, 4.69) is 25.5 Å². The van der Waals surface area contributed by atoms with Gasteiger partial charge in [0.15, 0.2) is 17.3 Å². The highest BCUT2D eigenvalue weighted by Gasteiger charge is 2.35. The Labute approximate surface area is 179 Å². The van der Waals surface area contributed by atoms with Gasteiger partial charge >= 0.3 is 0 Å². The molecule has 1 N–H and O–H groups in total. The van der Waals surface area contributed by atoms with Gasteiger partial charge in [0.2, 0.25) is 0 Å². The highest BCUT2D eigenvalue weighted by atomic mass is 19.1. The minimum atomic E-state index is -0.903. The summed E-state index contributed by atoms with van der Waals surface area (Å²) >= 11 is 0. The maximum Gasteiger partial charge on any atom is 0.185 e. The first-order valence-electron chi connectivity index (χ1n) is 10.2. The number of halogens is 1. The van der Waals surface area contributed by atoms with Crippen LogP contribution in [-0.2, 0) is 0 Å². The molecule has 10 heteroatoms. The summed E-state index contributed by atoms with van der Waals surface area (Å²) in [5.74, 6) is 0.766. The Bertz CT molecular complexity index is 1090. The minimum Gasteiger partial charge on any atom is -0.507 e. The number of nitrogens with zero attached hydrogens (tertiary/aromatic N) is 8. The van der Waals surface area contributed by atoms with Gasteiger partial charge in [-0.3, -0.25) is 0 Å². The molecule has 0 radical (unpaired) electrons. The molecule has 2 heterocycles. The van der Waals surface area contributed by atoms with Gasteiger partial charge in [-0.2, -0.15) is 5.26 Å². The summed E-state index contributed by atoms with van der Waals surface area (Å²) in [5, 5.41) is 35.2. The van der Waals surface area contributed by atoms with Crippen LogP contribution in [0.15, 0.2) is 30.6 Å². The van der Waals surface area contributed by atoms with Gasteiger partial charge in [-0.25, -0.2) is 14.1 Å². The number of phenols is 1. The first-order chi connectivity index (χ1) is 15.0. The summed E-state index contributed by atoms with van der Waals surface area (Å²) in [6.45, 7) is 2.03. The van der Waals surface area contributed by atoms with E-state index in [1.807, 2.05) is 24.9 Å². The van der Waals surface area contributed by atoms with Gasteiger partial charge in [0.25, 0.3) is 0 Å². The first kappa shape index (κ1) is 20.7. The normalized spacial score (nSPS) is 20.9. The summed E-state index contributed by atoms with van der Waals surface area (Å²) in [4.78, 5) is 6.15. The first-order valence-corrected chi connectivity index (χ1v) is 10.2. The van der Waals surface area contributed by atoms with E-state index >= 15 is 0 Å². The molecular weight excluding hydrogens is 399 g/mol. The quantitative estimate of drug-likeness (QED) is 0.667. The lowest BCUT2D eigenvalue weighted by Crippen LogP contribution is -2.45. The molecule has 31 heavy (non-hydrogen) atoms. The zero-order chi connectivity index (χ0) is 22.0. The molecule has 0 bridgehead atoms. The molecule has 4 rings (SSSR count). The molecule has 1 aliphatic carbocycles. The Hall–Kier alpha value is -3.61. The summed E-state index contributed by atoms with van der Waals surface area (Å²) in [5.41, 5.74) is 1.11. The number of benzene rings is 1. The van der Waals surface area contributed by atoms with E-state index in [0.29, 0.717) is 17.1 Å². The highest BCUT2D eigenvalue weighted by Crippen LogP contribution is 2.34. The Morgan fingerprint density at radius 2 is 2.13 bits per heavy atom. The van der Waals surface area contributed by atoms with E-state index in [1.54, 1.807) is 18.3 Å². The second-order valence-corrected chi connectivity index (χ2v) is 7.72. The van der Waals surface area contributed by atoms with Crippen molar-refractivity contribution >= 4 is 5.82 Å². The number of nitriles is 1. The molecule has 2 aromatic heterocycles. The molecule has 1 saturated carbocycles. The number of rotatable bonds is 5. The van der Waals surface area contributed by atoms with E-state index in [-0.39, 0.29) is 29.2 Å². The summed E-state index contributed by atoms with van der Waals surface area (Å²) in [6.07, 6.45) is 5.63. The van der Waals surface area contributed by atoms with Crippen LogP contribution in [-0.4, -0.2) is 54.5 Å². The maximum absolute atomic E-state index is 14.9. The van der Waals surface area contributed by atoms with Crippen LogP contribution < -0.4 is 4.90 Å². The van der Waals surface area contributed by atoms with E-state index in [0.717, 1.165) is 25.7 Å². The molecule has 3 aromatic rings. The van der Waals surface area contributed by atoms with Gasteiger partial charge in [-0.1, -0.05) is 25.0 Å². The Morgan fingerprint density at radius 1 is 1.29 bits per heavy atom. The largest absolute Gasteiger partial charge is 0.507 e. The average Bonchev–Trinajstić information content (AvgIpc) is 3.28. The number of aromatic nitrogens is 6.